The highest BCUT2D eigenvalue weighted by Crippen LogP contribution is 2.22. The van der Waals surface area contributed by atoms with E-state index < -0.39 is 0 Å². The van der Waals surface area contributed by atoms with Crippen molar-refractivity contribution in [3.63, 3.8) is 0 Å². The zero-order valence-electron chi connectivity index (χ0n) is 16.5. The van der Waals surface area contributed by atoms with Gasteiger partial charge in [0.25, 0.3) is 5.91 Å². The number of nitrogens with zero attached hydrogens (tertiary/aromatic N) is 3. The van der Waals surface area contributed by atoms with E-state index in [2.05, 4.69) is 15.4 Å². The molecule has 4 rings (SSSR count). The number of ether oxygens (including phenoxy) is 1. The van der Waals surface area contributed by atoms with Gasteiger partial charge in [-0.1, -0.05) is 41.4 Å². The fourth-order valence-corrected chi connectivity index (χ4v) is 4.12. The minimum Gasteiger partial charge on any atom is -0.489 e. The first-order valence-electron chi connectivity index (χ1n) is 9.38. The number of thiophene rings is 1. The lowest BCUT2D eigenvalue weighted by molar-refractivity contribution is 0.102. The summed E-state index contributed by atoms with van der Waals surface area (Å²) in [6, 6.07) is 14.9. The van der Waals surface area contributed by atoms with Crippen LogP contribution in [-0.2, 0) is 13.2 Å². The Labute approximate surface area is 193 Å². The molecule has 2 heterocycles. The fraction of sp³-hybridized carbons (Fsp3) is 0.136. The van der Waals surface area contributed by atoms with E-state index in [0.29, 0.717) is 28.1 Å². The van der Waals surface area contributed by atoms with Gasteiger partial charge in [0.2, 0.25) is 5.95 Å². The summed E-state index contributed by atoms with van der Waals surface area (Å²) in [7, 11) is 0. The van der Waals surface area contributed by atoms with Gasteiger partial charge < -0.3 is 4.74 Å². The molecular formula is C22H18Cl2N4O2S. The summed E-state index contributed by atoms with van der Waals surface area (Å²) < 4.78 is 7.39. The van der Waals surface area contributed by atoms with Crippen LogP contribution in [0.4, 0.5) is 5.95 Å². The van der Waals surface area contributed by atoms with Gasteiger partial charge in [-0.2, -0.15) is 0 Å². The zero-order valence-corrected chi connectivity index (χ0v) is 18.8. The lowest BCUT2D eigenvalue weighted by atomic mass is 10.2. The second kappa shape index (κ2) is 9.51. The van der Waals surface area contributed by atoms with Crippen LogP contribution in [0.1, 0.15) is 26.4 Å². The van der Waals surface area contributed by atoms with E-state index in [9.17, 15) is 4.79 Å². The van der Waals surface area contributed by atoms with Crippen molar-refractivity contribution in [3.05, 3.63) is 91.9 Å². The summed E-state index contributed by atoms with van der Waals surface area (Å²) in [4.78, 5) is 17.2. The van der Waals surface area contributed by atoms with Crippen molar-refractivity contribution in [2.75, 3.05) is 5.32 Å². The van der Waals surface area contributed by atoms with E-state index >= 15 is 0 Å². The van der Waals surface area contributed by atoms with Gasteiger partial charge in [-0.25, -0.2) is 9.67 Å². The first-order valence-corrected chi connectivity index (χ1v) is 11.0. The molecule has 0 aliphatic carbocycles. The Balaban J connectivity index is 1.34. The number of anilines is 1. The van der Waals surface area contributed by atoms with Crippen molar-refractivity contribution in [1.29, 1.82) is 0 Å². The van der Waals surface area contributed by atoms with Gasteiger partial charge in [-0.3, -0.25) is 10.1 Å². The Hall–Kier alpha value is -2.87. The average molecular weight is 473 g/mol. The van der Waals surface area contributed by atoms with E-state index in [1.807, 2.05) is 42.6 Å². The summed E-state index contributed by atoms with van der Waals surface area (Å²) in [5.74, 6) is 0.753. The number of benzene rings is 2. The van der Waals surface area contributed by atoms with Gasteiger partial charge in [0.15, 0.2) is 0 Å². The van der Waals surface area contributed by atoms with Crippen LogP contribution in [-0.4, -0.2) is 20.7 Å². The Kier molecular flexibility index (Phi) is 6.56. The topological polar surface area (TPSA) is 69.0 Å². The molecule has 6 nitrogen and oxygen atoms in total. The second-order valence-corrected chi connectivity index (χ2v) is 8.63. The standard InChI is InChI=1S/C22H18Cl2N4O2S/c1-14-3-2-4-18(7-14)30-11-15-8-20(31-12-15)21(29)26-22-25-13-28(27-22)10-16-5-6-17(23)9-19(16)24/h2-9,12-13H,10-11H2,1H3,(H,26,27,29). The predicted molar refractivity (Wildman–Crippen MR) is 123 cm³/mol. The lowest BCUT2D eigenvalue weighted by Gasteiger charge is -2.05. The molecule has 2 aromatic heterocycles. The smallest absolute Gasteiger partial charge is 0.268 e. The number of hydrogen-bond acceptors (Lipinski definition) is 5. The van der Waals surface area contributed by atoms with Crippen LogP contribution < -0.4 is 10.1 Å². The van der Waals surface area contributed by atoms with Gasteiger partial charge in [-0.05, 0) is 53.8 Å². The van der Waals surface area contributed by atoms with Crippen LogP contribution in [0.2, 0.25) is 10.0 Å². The Morgan fingerprint density at radius 3 is 2.87 bits per heavy atom. The average Bonchev–Trinajstić information content (AvgIpc) is 3.38. The molecule has 1 N–H and O–H groups in total. The number of nitrogens with one attached hydrogen (secondary N) is 1. The predicted octanol–water partition coefficient (Wildman–Crippen LogP) is 5.83. The Morgan fingerprint density at radius 1 is 1.19 bits per heavy atom. The molecule has 0 saturated heterocycles. The highest BCUT2D eigenvalue weighted by atomic mass is 35.5. The van der Waals surface area contributed by atoms with Crippen molar-refractivity contribution in [2.24, 2.45) is 0 Å². The number of aromatic nitrogens is 3. The minimum absolute atomic E-state index is 0.223. The first-order chi connectivity index (χ1) is 15.0. The molecule has 0 saturated carbocycles. The van der Waals surface area contributed by atoms with Crippen molar-refractivity contribution in [3.8, 4) is 5.75 Å². The molecule has 0 atom stereocenters. The van der Waals surface area contributed by atoms with Crippen LogP contribution in [0.5, 0.6) is 5.75 Å². The molecule has 4 aromatic rings. The van der Waals surface area contributed by atoms with Crippen molar-refractivity contribution in [1.82, 2.24) is 14.8 Å². The monoisotopic (exact) mass is 472 g/mol. The molecule has 0 fully saturated rings. The van der Waals surface area contributed by atoms with Gasteiger partial charge in [-0.15, -0.1) is 16.4 Å². The lowest BCUT2D eigenvalue weighted by Crippen LogP contribution is -2.12. The van der Waals surface area contributed by atoms with Gasteiger partial charge in [0, 0.05) is 15.6 Å². The van der Waals surface area contributed by atoms with Gasteiger partial charge in [0.1, 0.15) is 18.7 Å². The number of rotatable bonds is 7. The highest BCUT2D eigenvalue weighted by molar-refractivity contribution is 7.12. The molecule has 31 heavy (non-hydrogen) atoms. The van der Waals surface area contributed by atoms with Gasteiger partial charge in [0.05, 0.1) is 11.4 Å². The van der Waals surface area contributed by atoms with Crippen molar-refractivity contribution >= 4 is 46.4 Å². The quantitative estimate of drug-likeness (QED) is 0.367. The second-order valence-electron chi connectivity index (χ2n) is 6.88. The molecule has 0 spiro atoms. The molecular weight excluding hydrogens is 455 g/mol. The summed E-state index contributed by atoms with van der Waals surface area (Å²) in [5, 5.41) is 10.0. The summed E-state index contributed by atoms with van der Waals surface area (Å²) in [5.41, 5.74) is 2.91. The highest BCUT2D eigenvalue weighted by Gasteiger charge is 2.13. The fourth-order valence-electron chi connectivity index (χ4n) is 2.86. The number of carbonyl (C=O) groups is 1. The molecule has 0 radical (unpaired) electrons. The maximum atomic E-state index is 12.5. The molecule has 0 bridgehead atoms. The third kappa shape index (κ3) is 5.64. The summed E-state index contributed by atoms with van der Waals surface area (Å²) >= 11 is 13.5. The number of amides is 1. The van der Waals surface area contributed by atoms with Crippen LogP contribution >= 0.6 is 34.5 Å². The summed E-state index contributed by atoms with van der Waals surface area (Å²) in [6.07, 6.45) is 1.54. The summed E-state index contributed by atoms with van der Waals surface area (Å²) in [6.45, 7) is 2.82. The van der Waals surface area contributed by atoms with Crippen LogP contribution in [0, 0.1) is 6.92 Å². The number of hydrogen-bond donors (Lipinski definition) is 1. The maximum Gasteiger partial charge on any atom is 0.268 e. The van der Waals surface area contributed by atoms with E-state index in [4.69, 9.17) is 27.9 Å². The molecule has 158 valence electrons. The van der Waals surface area contributed by atoms with E-state index in [1.54, 1.807) is 22.9 Å². The van der Waals surface area contributed by atoms with E-state index in [1.165, 1.54) is 17.7 Å². The van der Waals surface area contributed by atoms with Crippen LogP contribution in [0.3, 0.4) is 0 Å². The third-order valence-electron chi connectivity index (χ3n) is 4.38. The minimum atomic E-state index is -0.269. The SMILES string of the molecule is Cc1cccc(OCc2csc(C(=O)Nc3ncn(Cc4ccc(Cl)cc4Cl)n3)c2)c1. The normalized spacial score (nSPS) is 10.8. The van der Waals surface area contributed by atoms with Crippen molar-refractivity contribution in [2.45, 2.75) is 20.1 Å². The zero-order chi connectivity index (χ0) is 21.8. The molecule has 2 aromatic carbocycles. The van der Waals surface area contributed by atoms with E-state index in [0.717, 1.165) is 22.4 Å². The number of halogens is 2. The molecule has 0 aliphatic heterocycles. The number of carbonyl (C=O) groups excluding carboxylic acids is 1. The molecule has 0 unspecified atom stereocenters. The van der Waals surface area contributed by atoms with Crippen LogP contribution in [0.25, 0.3) is 0 Å². The van der Waals surface area contributed by atoms with Gasteiger partial charge >= 0.3 is 0 Å². The third-order valence-corrected chi connectivity index (χ3v) is 5.95. The Morgan fingerprint density at radius 2 is 2.06 bits per heavy atom. The van der Waals surface area contributed by atoms with Crippen LogP contribution in [0.15, 0.2) is 60.2 Å². The largest absolute Gasteiger partial charge is 0.489 e. The Bertz CT molecular complexity index is 1220. The molecule has 0 aliphatic rings. The van der Waals surface area contributed by atoms with Crippen molar-refractivity contribution < 1.29 is 9.53 Å². The van der Waals surface area contributed by atoms with E-state index in [-0.39, 0.29) is 11.9 Å². The maximum absolute atomic E-state index is 12.5. The number of aryl methyl sites for hydroxylation is 1. The first kappa shape index (κ1) is 21.4. The molecule has 1 amide bonds. The molecule has 9 heteroatoms.